The highest BCUT2D eigenvalue weighted by Gasteiger charge is 2.10. The Labute approximate surface area is 101 Å². The summed E-state index contributed by atoms with van der Waals surface area (Å²) in [7, 11) is 0. The zero-order valence-electron chi connectivity index (χ0n) is 10.2. The van der Waals surface area contributed by atoms with Crippen molar-refractivity contribution in [2.24, 2.45) is 5.92 Å². The van der Waals surface area contributed by atoms with Crippen LogP contribution in [0.2, 0.25) is 0 Å². The maximum atomic E-state index is 10.8. The van der Waals surface area contributed by atoms with Gasteiger partial charge in [0.05, 0.1) is 5.56 Å². The lowest BCUT2D eigenvalue weighted by molar-refractivity contribution is 0.0696. The first-order valence-corrected chi connectivity index (χ1v) is 5.71. The van der Waals surface area contributed by atoms with Crippen molar-refractivity contribution in [3.63, 3.8) is 0 Å². The van der Waals surface area contributed by atoms with E-state index >= 15 is 0 Å². The summed E-state index contributed by atoms with van der Waals surface area (Å²) in [5, 5.41) is 21.1. The van der Waals surface area contributed by atoms with E-state index in [0.717, 1.165) is 5.56 Å². The van der Waals surface area contributed by atoms with E-state index in [1.807, 2.05) is 19.9 Å². The topological polar surface area (TPSA) is 69.6 Å². The van der Waals surface area contributed by atoms with E-state index in [1.165, 1.54) is 0 Å². The smallest absolute Gasteiger partial charge is 0.335 e. The maximum Gasteiger partial charge on any atom is 0.335 e. The Morgan fingerprint density at radius 2 is 2.12 bits per heavy atom. The summed E-state index contributed by atoms with van der Waals surface area (Å²) in [5.74, 6) is -0.735. The molecule has 0 radical (unpaired) electrons. The third-order valence-corrected chi connectivity index (χ3v) is 2.94. The number of hydrogen-bond donors (Lipinski definition) is 3. The summed E-state index contributed by atoms with van der Waals surface area (Å²) in [6, 6.07) is 7.04. The van der Waals surface area contributed by atoms with E-state index in [4.69, 9.17) is 10.2 Å². The van der Waals surface area contributed by atoms with Gasteiger partial charge in [0.1, 0.15) is 0 Å². The first-order valence-electron chi connectivity index (χ1n) is 5.71. The van der Waals surface area contributed by atoms with Gasteiger partial charge in [-0.3, -0.25) is 0 Å². The Bertz CT molecular complexity index is 379. The third kappa shape index (κ3) is 4.17. The zero-order chi connectivity index (χ0) is 12.8. The van der Waals surface area contributed by atoms with Gasteiger partial charge < -0.3 is 15.5 Å². The molecule has 2 unspecified atom stereocenters. The number of nitrogens with one attached hydrogen (secondary N) is 1. The summed E-state index contributed by atoms with van der Waals surface area (Å²) in [4.78, 5) is 10.8. The molecule has 1 aromatic carbocycles. The lowest BCUT2D eigenvalue weighted by atomic mass is 10.0. The highest BCUT2D eigenvalue weighted by Crippen LogP contribution is 2.07. The van der Waals surface area contributed by atoms with Crippen LogP contribution in [-0.2, 0) is 6.54 Å². The summed E-state index contributed by atoms with van der Waals surface area (Å²) in [5.41, 5.74) is 1.23. The van der Waals surface area contributed by atoms with Gasteiger partial charge in [0.2, 0.25) is 0 Å². The van der Waals surface area contributed by atoms with Crippen LogP contribution in [0, 0.1) is 5.92 Å². The monoisotopic (exact) mass is 237 g/mol. The van der Waals surface area contributed by atoms with Crippen LogP contribution in [0.25, 0.3) is 0 Å². The molecular weight excluding hydrogens is 218 g/mol. The van der Waals surface area contributed by atoms with Gasteiger partial charge >= 0.3 is 5.97 Å². The van der Waals surface area contributed by atoms with Crippen LogP contribution in [0.1, 0.15) is 29.8 Å². The molecule has 0 fully saturated rings. The lowest BCUT2D eigenvalue weighted by Gasteiger charge is -2.19. The quantitative estimate of drug-likeness (QED) is 0.701. The summed E-state index contributed by atoms with van der Waals surface area (Å²) < 4.78 is 0. The van der Waals surface area contributed by atoms with Crippen LogP contribution < -0.4 is 5.32 Å². The van der Waals surface area contributed by atoms with Crippen molar-refractivity contribution in [3.8, 4) is 0 Å². The molecule has 3 N–H and O–H groups in total. The minimum atomic E-state index is -0.913. The summed E-state index contributed by atoms with van der Waals surface area (Å²) in [6.45, 7) is 4.71. The second-order valence-electron chi connectivity index (χ2n) is 4.33. The molecule has 2 atom stereocenters. The van der Waals surface area contributed by atoms with E-state index in [-0.39, 0.29) is 18.6 Å². The van der Waals surface area contributed by atoms with Crippen molar-refractivity contribution in [2.75, 3.05) is 6.61 Å². The standard InChI is InChI=1S/C13H19NO3/c1-9(8-15)10(2)14-7-11-4-3-5-12(6-11)13(16)17/h3-6,9-10,14-15H,7-8H2,1-2H3,(H,16,17). The Morgan fingerprint density at radius 3 is 2.71 bits per heavy atom. The number of carboxylic acids is 1. The van der Waals surface area contributed by atoms with E-state index in [1.54, 1.807) is 18.2 Å². The van der Waals surface area contributed by atoms with Gasteiger partial charge in [-0.25, -0.2) is 4.79 Å². The van der Waals surface area contributed by atoms with Gasteiger partial charge in [-0.1, -0.05) is 19.1 Å². The first-order chi connectivity index (χ1) is 8.04. The molecule has 0 amide bonds. The molecule has 17 heavy (non-hydrogen) atoms. The van der Waals surface area contributed by atoms with Crippen LogP contribution in [0.15, 0.2) is 24.3 Å². The second kappa shape index (κ2) is 6.37. The second-order valence-corrected chi connectivity index (χ2v) is 4.33. The number of carbonyl (C=O) groups is 1. The molecule has 0 aliphatic heterocycles. The number of hydrogen-bond acceptors (Lipinski definition) is 3. The van der Waals surface area contributed by atoms with Crippen molar-refractivity contribution in [1.29, 1.82) is 0 Å². The summed E-state index contributed by atoms with van der Waals surface area (Å²) >= 11 is 0. The highest BCUT2D eigenvalue weighted by atomic mass is 16.4. The normalized spacial score (nSPS) is 14.3. The molecule has 0 saturated heterocycles. The Morgan fingerprint density at radius 1 is 1.41 bits per heavy atom. The van der Waals surface area contributed by atoms with Gasteiger partial charge in [-0.2, -0.15) is 0 Å². The molecule has 4 heteroatoms. The average molecular weight is 237 g/mol. The third-order valence-electron chi connectivity index (χ3n) is 2.94. The van der Waals surface area contributed by atoms with Crippen molar-refractivity contribution < 1.29 is 15.0 Å². The van der Waals surface area contributed by atoms with Crippen LogP contribution in [-0.4, -0.2) is 28.8 Å². The van der Waals surface area contributed by atoms with E-state index < -0.39 is 5.97 Å². The van der Waals surface area contributed by atoms with Gasteiger partial charge in [-0.05, 0) is 30.5 Å². The average Bonchev–Trinajstić information content (AvgIpc) is 2.35. The fourth-order valence-corrected chi connectivity index (χ4v) is 1.45. The molecule has 0 aliphatic rings. The number of rotatable bonds is 6. The van der Waals surface area contributed by atoms with Crippen LogP contribution >= 0.6 is 0 Å². The molecule has 1 rings (SSSR count). The molecular formula is C13H19NO3. The van der Waals surface area contributed by atoms with Gasteiger partial charge in [0.15, 0.2) is 0 Å². The van der Waals surface area contributed by atoms with Crippen molar-refractivity contribution >= 4 is 5.97 Å². The zero-order valence-corrected chi connectivity index (χ0v) is 10.2. The molecule has 0 bridgehead atoms. The fourth-order valence-electron chi connectivity index (χ4n) is 1.45. The van der Waals surface area contributed by atoms with Crippen LogP contribution in [0.4, 0.5) is 0 Å². The van der Waals surface area contributed by atoms with E-state index in [0.29, 0.717) is 12.1 Å². The number of aliphatic hydroxyl groups excluding tert-OH is 1. The fraction of sp³-hybridized carbons (Fsp3) is 0.462. The van der Waals surface area contributed by atoms with Crippen molar-refractivity contribution in [2.45, 2.75) is 26.4 Å². The molecule has 94 valence electrons. The number of aromatic carboxylic acids is 1. The number of carboxylic acid groups (broad SMARTS) is 1. The van der Waals surface area contributed by atoms with Crippen LogP contribution in [0.5, 0.6) is 0 Å². The molecule has 1 aromatic rings. The maximum absolute atomic E-state index is 10.8. The highest BCUT2D eigenvalue weighted by molar-refractivity contribution is 5.87. The lowest BCUT2D eigenvalue weighted by Crippen LogP contribution is -2.33. The summed E-state index contributed by atoms with van der Waals surface area (Å²) in [6.07, 6.45) is 0. The molecule has 0 aliphatic carbocycles. The minimum absolute atomic E-state index is 0.142. The predicted octanol–water partition coefficient (Wildman–Crippen LogP) is 1.49. The van der Waals surface area contributed by atoms with Crippen molar-refractivity contribution in [1.82, 2.24) is 5.32 Å². The van der Waals surface area contributed by atoms with Crippen molar-refractivity contribution in [3.05, 3.63) is 35.4 Å². The minimum Gasteiger partial charge on any atom is -0.478 e. The molecule has 4 nitrogen and oxygen atoms in total. The number of aliphatic hydroxyl groups is 1. The molecule has 0 spiro atoms. The van der Waals surface area contributed by atoms with E-state index in [2.05, 4.69) is 5.32 Å². The Hall–Kier alpha value is -1.39. The van der Waals surface area contributed by atoms with Gasteiger partial charge in [0.25, 0.3) is 0 Å². The molecule has 0 saturated carbocycles. The largest absolute Gasteiger partial charge is 0.478 e. The Balaban J connectivity index is 2.57. The van der Waals surface area contributed by atoms with E-state index in [9.17, 15) is 4.79 Å². The number of benzene rings is 1. The Kier molecular flexibility index (Phi) is 5.12. The van der Waals surface area contributed by atoms with Crippen LogP contribution in [0.3, 0.4) is 0 Å². The SMILES string of the molecule is CC(CO)C(C)NCc1cccc(C(=O)O)c1. The molecule has 0 aromatic heterocycles. The molecule has 0 heterocycles. The first kappa shape index (κ1) is 13.7. The van der Waals surface area contributed by atoms with Gasteiger partial charge in [-0.15, -0.1) is 0 Å². The van der Waals surface area contributed by atoms with Gasteiger partial charge in [0, 0.05) is 19.2 Å². The predicted molar refractivity (Wildman–Crippen MR) is 66.0 cm³/mol.